The minimum Gasteiger partial charge on any atom is -0.337 e. The van der Waals surface area contributed by atoms with Gasteiger partial charge in [-0.25, -0.2) is 4.98 Å². The van der Waals surface area contributed by atoms with E-state index in [4.69, 9.17) is 5.73 Å². The summed E-state index contributed by atoms with van der Waals surface area (Å²) in [5.74, 6) is 0.445. The van der Waals surface area contributed by atoms with Crippen LogP contribution in [0.2, 0.25) is 0 Å². The summed E-state index contributed by atoms with van der Waals surface area (Å²) in [6.07, 6.45) is 2.91. The maximum atomic E-state index is 12.7. The molecule has 4 nitrogen and oxygen atoms in total. The normalized spacial score (nSPS) is 19.6. The zero-order valence-corrected chi connectivity index (χ0v) is 14.3. The number of piperidine rings is 1. The van der Waals surface area contributed by atoms with Crippen molar-refractivity contribution in [3.8, 4) is 0 Å². The van der Waals surface area contributed by atoms with Gasteiger partial charge < -0.3 is 10.6 Å². The van der Waals surface area contributed by atoms with Gasteiger partial charge in [0.05, 0.1) is 5.01 Å². The average Bonchev–Trinajstić information content (AvgIpc) is 3.03. The zero-order valence-electron chi connectivity index (χ0n) is 13.4. The van der Waals surface area contributed by atoms with Gasteiger partial charge in [0.15, 0.2) is 0 Å². The van der Waals surface area contributed by atoms with Gasteiger partial charge in [-0.3, -0.25) is 4.79 Å². The van der Waals surface area contributed by atoms with Crippen molar-refractivity contribution in [3.05, 3.63) is 52.0 Å². The highest BCUT2D eigenvalue weighted by atomic mass is 32.1. The lowest BCUT2D eigenvalue weighted by atomic mass is 9.92. The van der Waals surface area contributed by atoms with Crippen molar-refractivity contribution in [1.82, 2.24) is 9.88 Å². The SMILES string of the molecule is CC(N)C1CCCN(C(=O)c2csc(Cc3ccccc3)n2)C1. The fraction of sp³-hybridized carbons (Fsp3) is 0.444. The lowest BCUT2D eigenvalue weighted by Crippen LogP contribution is -2.45. The first-order valence-electron chi connectivity index (χ1n) is 8.16. The number of amides is 1. The fourth-order valence-electron chi connectivity index (χ4n) is 3.05. The molecular formula is C18H23N3OS. The quantitative estimate of drug-likeness (QED) is 0.938. The Morgan fingerprint density at radius 2 is 2.22 bits per heavy atom. The number of nitrogens with two attached hydrogens (primary N) is 1. The molecule has 0 bridgehead atoms. The van der Waals surface area contributed by atoms with E-state index >= 15 is 0 Å². The molecule has 0 spiro atoms. The molecule has 23 heavy (non-hydrogen) atoms. The van der Waals surface area contributed by atoms with Crippen LogP contribution in [0, 0.1) is 5.92 Å². The first-order valence-corrected chi connectivity index (χ1v) is 9.04. The molecule has 1 aromatic carbocycles. The van der Waals surface area contributed by atoms with Gasteiger partial charge in [-0.15, -0.1) is 11.3 Å². The summed E-state index contributed by atoms with van der Waals surface area (Å²) in [4.78, 5) is 19.1. The Morgan fingerprint density at radius 1 is 1.43 bits per heavy atom. The predicted molar refractivity (Wildman–Crippen MR) is 93.6 cm³/mol. The van der Waals surface area contributed by atoms with Crippen LogP contribution in [-0.4, -0.2) is 34.9 Å². The lowest BCUT2D eigenvalue weighted by Gasteiger charge is -2.34. The second-order valence-corrected chi connectivity index (χ2v) is 7.24. The maximum Gasteiger partial charge on any atom is 0.273 e. The Balaban J connectivity index is 1.66. The van der Waals surface area contributed by atoms with Gasteiger partial charge in [-0.1, -0.05) is 30.3 Å². The number of nitrogens with zero attached hydrogens (tertiary/aromatic N) is 2. The third kappa shape index (κ3) is 3.98. The van der Waals surface area contributed by atoms with Crippen LogP contribution in [0.1, 0.15) is 40.8 Å². The number of aromatic nitrogens is 1. The molecule has 2 heterocycles. The fourth-order valence-corrected chi connectivity index (χ4v) is 3.85. The number of carbonyl (C=O) groups is 1. The summed E-state index contributed by atoms with van der Waals surface area (Å²) >= 11 is 1.56. The number of thiazole rings is 1. The Morgan fingerprint density at radius 3 is 2.96 bits per heavy atom. The number of hydrogen-bond acceptors (Lipinski definition) is 4. The van der Waals surface area contributed by atoms with Crippen molar-refractivity contribution in [2.24, 2.45) is 11.7 Å². The average molecular weight is 329 g/mol. The van der Waals surface area contributed by atoms with Crippen LogP contribution in [0.3, 0.4) is 0 Å². The zero-order chi connectivity index (χ0) is 16.2. The Hall–Kier alpha value is -1.72. The van der Waals surface area contributed by atoms with Gasteiger partial charge in [0.2, 0.25) is 0 Å². The first kappa shape index (κ1) is 16.1. The third-order valence-electron chi connectivity index (χ3n) is 4.46. The van der Waals surface area contributed by atoms with E-state index in [0.29, 0.717) is 11.6 Å². The Bertz CT molecular complexity index is 653. The number of rotatable bonds is 4. The number of carbonyl (C=O) groups excluding carboxylic acids is 1. The summed E-state index contributed by atoms with van der Waals surface area (Å²) in [6, 6.07) is 10.4. The Kier molecular flexibility index (Phi) is 5.08. The molecule has 1 aliphatic heterocycles. The van der Waals surface area contributed by atoms with Crippen molar-refractivity contribution >= 4 is 17.2 Å². The van der Waals surface area contributed by atoms with Crippen LogP contribution in [-0.2, 0) is 6.42 Å². The highest BCUT2D eigenvalue weighted by Gasteiger charge is 2.27. The summed E-state index contributed by atoms with van der Waals surface area (Å²) in [6.45, 7) is 3.59. The number of likely N-dealkylation sites (tertiary alicyclic amines) is 1. The smallest absolute Gasteiger partial charge is 0.273 e. The van der Waals surface area contributed by atoms with E-state index < -0.39 is 0 Å². The molecule has 1 fully saturated rings. The van der Waals surface area contributed by atoms with E-state index in [1.165, 1.54) is 5.56 Å². The summed E-state index contributed by atoms with van der Waals surface area (Å²) in [5.41, 5.74) is 7.80. The van der Waals surface area contributed by atoms with Crippen LogP contribution in [0.25, 0.3) is 0 Å². The lowest BCUT2D eigenvalue weighted by molar-refractivity contribution is 0.0655. The van der Waals surface area contributed by atoms with Gasteiger partial charge in [-0.05, 0) is 31.2 Å². The molecule has 1 aliphatic rings. The molecule has 0 radical (unpaired) electrons. The van der Waals surface area contributed by atoms with E-state index in [-0.39, 0.29) is 11.9 Å². The molecule has 5 heteroatoms. The van der Waals surface area contributed by atoms with Crippen molar-refractivity contribution in [2.45, 2.75) is 32.2 Å². The van der Waals surface area contributed by atoms with Crippen LogP contribution < -0.4 is 5.73 Å². The van der Waals surface area contributed by atoms with E-state index in [1.807, 2.05) is 35.4 Å². The topological polar surface area (TPSA) is 59.2 Å². The standard InChI is InChI=1S/C18H23N3OS/c1-13(19)15-8-5-9-21(11-15)18(22)16-12-23-17(20-16)10-14-6-3-2-4-7-14/h2-4,6-7,12-13,15H,5,8-11,19H2,1H3. The molecule has 2 aromatic rings. The molecule has 1 aromatic heterocycles. The van der Waals surface area contributed by atoms with Gasteiger partial charge in [0.25, 0.3) is 5.91 Å². The van der Waals surface area contributed by atoms with Crippen molar-refractivity contribution in [3.63, 3.8) is 0 Å². The molecule has 0 aliphatic carbocycles. The van der Waals surface area contributed by atoms with E-state index in [1.54, 1.807) is 11.3 Å². The minimum atomic E-state index is 0.0471. The Labute approximate surface area is 141 Å². The highest BCUT2D eigenvalue weighted by Crippen LogP contribution is 2.22. The minimum absolute atomic E-state index is 0.0471. The van der Waals surface area contributed by atoms with Gasteiger partial charge >= 0.3 is 0 Å². The molecule has 1 amide bonds. The predicted octanol–water partition coefficient (Wildman–Crippen LogP) is 2.93. The van der Waals surface area contributed by atoms with Gasteiger partial charge in [0, 0.05) is 30.9 Å². The molecule has 0 saturated carbocycles. The van der Waals surface area contributed by atoms with Gasteiger partial charge in [-0.2, -0.15) is 0 Å². The van der Waals surface area contributed by atoms with Crippen LogP contribution in [0.4, 0.5) is 0 Å². The van der Waals surface area contributed by atoms with E-state index in [9.17, 15) is 4.79 Å². The van der Waals surface area contributed by atoms with Crippen LogP contribution in [0.5, 0.6) is 0 Å². The number of benzene rings is 1. The first-order chi connectivity index (χ1) is 11.1. The maximum absolute atomic E-state index is 12.7. The van der Waals surface area contributed by atoms with E-state index in [2.05, 4.69) is 17.1 Å². The second-order valence-electron chi connectivity index (χ2n) is 6.30. The summed E-state index contributed by atoms with van der Waals surface area (Å²) in [5, 5.41) is 2.87. The van der Waals surface area contributed by atoms with Crippen LogP contribution >= 0.6 is 11.3 Å². The molecule has 3 rings (SSSR count). The second kappa shape index (κ2) is 7.23. The molecule has 2 unspecified atom stereocenters. The largest absolute Gasteiger partial charge is 0.337 e. The third-order valence-corrected chi connectivity index (χ3v) is 5.31. The molecule has 1 saturated heterocycles. The number of hydrogen-bond donors (Lipinski definition) is 1. The monoisotopic (exact) mass is 329 g/mol. The summed E-state index contributed by atoms with van der Waals surface area (Å²) < 4.78 is 0. The van der Waals surface area contributed by atoms with Gasteiger partial charge in [0.1, 0.15) is 5.69 Å². The summed E-state index contributed by atoms with van der Waals surface area (Å²) in [7, 11) is 0. The van der Waals surface area contributed by atoms with Crippen molar-refractivity contribution in [1.29, 1.82) is 0 Å². The van der Waals surface area contributed by atoms with Crippen molar-refractivity contribution < 1.29 is 4.79 Å². The van der Waals surface area contributed by atoms with Crippen LogP contribution in [0.15, 0.2) is 35.7 Å². The molecule has 2 atom stereocenters. The molecule has 122 valence electrons. The highest BCUT2D eigenvalue weighted by molar-refractivity contribution is 7.09. The van der Waals surface area contributed by atoms with Crippen molar-refractivity contribution in [2.75, 3.05) is 13.1 Å². The molecular weight excluding hydrogens is 306 g/mol. The van der Waals surface area contributed by atoms with E-state index in [0.717, 1.165) is 37.4 Å². The molecule has 2 N–H and O–H groups in total.